The Morgan fingerprint density at radius 3 is 2.62 bits per heavy atom. The molecule has 0 unspecified atom stereocenters. The second-order valence-electron chi connectivity index (χ2n) is 7.96. The van der Waals surface area contributed by atoms with Crippen LogP contribution in [0.3, 0.4) is 0 Å². The molecule has 1 fully saturated rings. The Bertz CT molecular complexity index is 994. The maximum atomic E-state index is 4.97. The van der Waals surface area contributed by atoms with Crippen LogP contribution < -0.4 is 4.90 Å². The summed E-state index contributed by atoms with van der Waals surface area (Å²) >= 11 is 0. The summed E-state index contributed by atoms with van der Waals surface area (Å²) in [5, 5.41) is 1.44. The molecule has 1 aliphatic carbocycles. The molecule has 3 aromatic rings. The van der Waals surface area contributed by atoms with Gasteiger partial charge in [0.05, 0.1) is 5.52 Å². The molecule has 0 bridgehead atoms. The lowest BCUT2D eigenvalue weighted by atomic mass is 9.99. The van der Waals surface area contributed by atoms with Crippen molar-refractivity contribution in [2.45, 2.75) is 59.0 Å². The van der Waals surface area contributed by atoms with Crippen LogP contribution in [0.25, 0.3) is 10.9 Å². The normalized spacial score (nSPS) is 17.0. The largest absolute Gasteiger partial charge is 0.350 e. The summed E-state index contributed by atoms with van der Waals surface area (Å²) in [5.41, 5.74) is 8.63. The maximum absolute atomic E-state index is 4.97. The summed E-state index contributed by atoms with van der Waals surface area (Å²) in [7, 11) is 0. The van der Waals surface area contributed by atoms with E-state index in [1.54, 1.807) is 0 Å². The average Bonchev–Trinajstić information content (AvgIpc) is 3.45. The molecule has 3 heteroatoms. The summed E-state index contributed by atoms with van der Waals surface area (Å²) in [6, 6.07) is 9.55. The van der Waals surface area contributed by atoms with Gasteiger partial charge in [0.15, 0.2) is 5.82 Å². The maximum Gasteiger partial charge on any atom is 0.153 e. The Labute approximate surface area is 155 Å². The predicted molar refractivity (Wildman–Crippen MR) is 108 cm³/mol. The Morgan fingerprint density at radius 2 is 1.88 bits per heavy atom. The van der Waals surface area contributed by atoms with Crippen LogP contribution in [0.15, 0.2) is 30.5 Å². The number of pyridine rings is 1. The number of anilines is 1. The summed E-state index contributed by atoms with van der Waals surface area (Å²) in [5.74, 6) is 1.19. The van der Waals surface area contributed by atoms with Crippen molar-refractivity contribution in [2.75, 3.05) is 11.4 Å². The summed E-state index contributed by atoms with van der Waals surface area (Å²) in [6.45, 7) is 8.84. The first kappa shape index (κ1) is 15.9. The molecule has 2 aliphatic rings. The van der Waals surface area contributed by atoms with Gasteiger partial charge in [-0.3, -0.25) is 0 Å². The molecular weight excluding hydrogens is 318 g/mol. The zero-order valence-electron chi connectivity index (χ0n) is 16.0. The molecule has 0 N–H and O–H groups in total. The van der Waals surface area contributed by atoms with Crippen molar-refractivity contribution in [3.63, 3.8) is 0 Å². The van der Waals surface area contributed by atoms with Crippen LogP contribution in [0.5, 0.6) is 0 Å². The van der Waals surface area contributed by atoms with Crippen LogP contribution in [0.2, 0.25) is 0 Å². The number of aromatic nitrogens is 2. The Morgan fingerprint density at radius 1 is 1.12 bits per heavy atom. The van der Waals surface area contributed by atoms with Crippen molar-refractivity contribution >= 4 is 16.7 Å². The molecule has 3 nitrogen and oxygen atoms in total. The second kappa shape index (κ2) is 5.87. The lowest BCUT2D eigenvalue weighted by molar-refractivity contribution is 0.701. The number of fused-ring (bicyclic) bond motifs is 2. The van der Waals surface area contributed by atoms with Gasteiger partial charge in [0.2, 0.25) is 0 Å². The van der Waals surface area contributed by atoms with Crippen LogP contribution in [0.4, 0.5) is 5.82 Å². The fourth-order valence-electron chi connectivity index (χ4n) is 4.82. The van der Waals surface area contributed by atoms with Crippen molar-refractivity contribution < 1.29 is 0 Å². The van der Waals surface area contributed by atoms with Crippen molar-refractivity contribution in [3.05, 3.63) is 58.4 Å². The van der Waals surface area contributed by atoms with Gasteiger partial charge < -0.3 is 9.47 Å². The van der Waals surface area contributed by atoms with E-state index in [1.165, 1.54) is 57.5 Å². The minimum Gasteiger partial charge on any atom is -0.350 e. The van der Waals surface area contributed by atoms with Crippen molar-refractivity contribution in [2.24, 2.45) is 0 Å². The van der Waals surface area contributed by atoms with Crippen molar-refractivity contribution in [1.29, 1.82) is 0 Å². The highest BCUT2D eigenvalue weighted by Crippen LogP contribution is 2.44. The summed E-state index contributed by atoms with van der Waals surface area (Å²) in [6.07, 6.45) is 6.91. The van der Waals surface area contributed by atoms with Gasteiger partial charge in [-0.2, -0.15) is 0 Å². The van der Waals surface area contributed by atoms with E-state index >= 15 is 0 Å². The first-order chi connectivity index (χ1) is 12.7. The number of aryl methyl sites for hydroxylation is 2. The number of rotatable bonds is 3. The molecule has 0 spiro atoms. The number of hydrogen-bond donors (Lipinski definition) is 0. The summed E-state index contributed by atoms with van der Waals surface area (Å²) in [4.78, 5) is 7.47. The Hall–Kier alpha value is -2.29. The van der Waals surface area contributed by atoms with Crippen LogP contribution in [0, 0.1) is 13.8 Å². The monoisotopic (exact) mass is 345 g/mol. The third kappa shape index (κ3) is 2.29. The van der Waals surface area contributed by atoms with E-state index in [-0.39, 0.29) is 0 Å². The predicted octanol–water partition coefficient (Wildman–Crippen LogP) is 5.11. The van der Waals surface area contributed by atoms with Crippen LogP contribution in [-0.2, 0) is 19.4 Å². The lowest BCUT2D eigenvalue weighted by Crippen LogP contribution is -2.31. The molecule has 3 heterocycles. The van der Waals surface area contributed by atoms with E-state index in [9.17, 15) is 0 Å². The van der Waals surface area contributed by atoms with Crippen molar-refractivity contribution in [3.8, 4) is 0 Å². The highest BCUT2D eigenvalue weighted by molar-refractivity contribution is 5.96. The van der Waals surface area contributed by atoms with E-state index in [4.69, 9.17) is 4.98 Å². The van der Waals surface area contributed by atoms with Gasteiger partial charge in [0.25, 0.3) is 0 Å². The van der Waals surface area contributed by atoms with Gasteiger partial charge in [-0.25, -0.2) is 4.98 Å². The van der Waals surface area contributed by atoms with E-state index in [0.717, 1.165) is 25.9 Å². The number of benzene rings is 1. The second-order valence-corrected chi connectivity index (χ2v) is 7.96. The molecule has 1 aromatic carbocycles. The molecule has 0 radical (unpaired) electrons. The van der Waals surface area contributed by atoms with Crippen LogP contribution in [0.1, 0.15) is 53.8 Å². The molecule has 26 heavy (non-hydrogen) atoms. The smallest absolute Gasteiger partial charge is 0.153 e. The van der Waals surface area contributed by atoms with Crippen LogP contribution in [-0.4, -0.2) is 16.1 Å². The molecule has 0 saturated heterocycles. The lowest BCUT2D eigenvalue weighted by Gasteiger charge is -2.31. The average molecular weight is 345 g/mol. The highest BCUT2D eigenvalue weighted by Gasteiger charge is 2.31. The molecule has 0 amide bonds. The molecule has 5 rings (SSSR count). The fraction of sp³-hybridized carbons (Fsp3) is 0.435. The first-order valence-electron chi connectivity index (χ1n) is 9.99. The zero-order chi connectivity index (χ0) is 17.8. The van der Waals surface area contributed by atoms with Gasteiger partial charge >= 0.3 is 0 Å². The van der Waals surface area contributed by atoms with Gasteiger partial charge in [0.1, 0.15) is 0 Å². The van der Waals surface area contributed by atoms with Gasteiger partial charge in [-0.1, -0.05) is 31.2 Å². The highest BCUT2D eigenvalue weighted by atomic mass is 15.2. The molecule has 2 aromatic heterocycles. The summed E-state index contributed by atoms with van der Waals surface area (Å²) < 4.78 is 2.64. The topological polar surface area (TPSA) is 21.1 Å². The van der Waals surface area contributed by atoms with Crippen LogP contribution >= 0.6 is 0 Å². The number of nitrogens with zero attached hydrogens (tertiary/aromatic N) is 3. The molecule has 0 atom stereocenters. The Kier molecular flexibility index (Phi) is 3.59. The molecule has 134 valence electrons. The molecule has 1 aliphatic heterocycles. The number of hydrogen-bond acceptors (Lipinski definition) is 2. The van der Waals surface area contributed by atoms with E-state index in [1.807, 2.05) is 0 Å². The van der Waals surface area contributed by atoms with Gasteiger partial charge in [0, 0.05) is 36.4 Å². The minimum absolute atomic E-state index is 0.681. The quantitative estimate of drug-likeness (QED) is 0.657. The van der Waals surface area contributed by atoms with Crippen molar-refractivity contribution in [1.82, 2.24) is 9.55 Å². The van der Waals surface area contributed by atoms with Gasteiger partial charge in [-0.15, -0.1) is 0 Å². The zero-order valence-corrected chi connectivity index (χ0v) is 16.0. The van der Waals surface area contributed by atoms with E-state index in [2.05, 4.69) is 60.7 Å². The molecule has 1 saturated carbocycles. The van der Waals surface area contributed by atoms with Gasteiger partial charge in [-0.05, 0) is 61.8 Å². The molecular formula is C23H27N3. The third-order valence-electron chi connectivity index (χ3n) is 6.24. The van der Waals surface area contributed by atoms with E-state index in [0.29, 0.717) is 6.04 Å². The Balaban J connectivity index is 1.71. The minimum atomic E-state index is 0.681. The SMILES string of the molecule is CCc1c(C)c2c(C)cnc(N3CCc4ccccc4C3)c2n1C1CC1. The standard InChI is InChI=1S/C23H27N3/c1-4-20-16(3)21-15(2)13-24-23(22(21)26(20)19-9-10-19)25-12-11-17-7-5-6-8-18(17)14-25/h5-8,13,19H,4,9-12,14H2,1-3H3. The fourth-order valence-corrected chi connectivity index (χ4v) is 4.82. The first-order valence-corrected chi connectivity index (χ1v) is 9.99. The van der Waals surface area contributed by atoms with E-state index < -0.39 is 0 Å². The third-order valence-corrected chi connectivity index (χ3v) is 6.24.